The van der Waals surface area contributed by atoms with E-state index in [1.54, 1.807) is 11.1 Å². The number of benzene rings is 1. The molecular weight excluding hydrogens is 384 g/mol. The molecule has 8 heteroatoms. The summed E-state index contributed by atoms with van der Waals surface area (Å²) < 4.78 is 10.5. The molecule has 2 aromatic rings. The number of rotatable bonds is 5. The zero-order valence-electron chi connectivity index (χ0n) is 15.9. The van der Waals surface area contributed by atoms with Gasteiger partial charge in [0.1, 0.15) is 12.4 Å². The third-order valence-electron chi connectivity index (χ3n) is 5.74. The summed E-state index contributed by atoms with van der Waals surface area (Å²) in [6.45, 7) is 2.45. The molecule has 1 fully saturated rings. The first-order valence-electron chi connectivity index (χ1n) is 9.08. The summed E-state index contributed by atoms with van der Waals surface area (Å²) in [4.78, 5) is 30.2. The van der Waals surface area contributed by atoms with E-state index in [-0.39, 0.29) is 24.5 Å². The highest BCUT2D eigenvalue weighted by Crippen LogP contribution is 2.54. The van der Waals surface area contributed by atoms with Crippen molar-refractivity contribution in [1.29, 1.82) is 0 Å². The topological polar surface area (TPSA) is 89.0 Å². The minimum absolute atomic E-state index is 0.0203. The molecule has 0 radical (unpaired) electrons. The van der Waals surface area contributed by atoms with Crippen LogP contribution in [0.5, 0.6) is 5.75 Å². The highest BCUT2D eigenvalue weighted by Gasteiger charge is 2.47. The predicted molar refractivity (Wildman–Crippen MR) is 103 cm³/mol. The Bertz CT molecular complexity index is 992. The van der Waals surface area contributed by atoms with Gasteiger partial charge in [-0.3, -0.25) is 14.6 Å². The SMILES string of the molecule is COCC(=O)N1Cc2cnc3c([C@@H]4C[C@H]4C(=O)O)c(Cl)c(OC)cc3c2[C@@H]1C. The van der Waals surface area contributed by atoms with Gasteiger partial charge in [0.05, 0.1) is 29.6 Å². The Kier molecular flexibility index (Phi) is 4.67. The van der Waals surface area contributed by atoms with Crippen LogP contribution in [-0.2, 0) is 20.9 Å². The second kappa shape index (κ2) is 6.90. The summed E-state index contributed by atoms with van der Waals surface area (Å²) in [5.41, 5.74) is 3.37. The van der Waals surface area contributed by atoms with Gasteiger partial charge in [-0.25, -0.2) is 0 Å². The molecule has 2 heterocycles. The molecule has 1 saturated carbocycles. The van der Waals surface area contributed by atoms with Crippen LogP contribution < -0.4 is 4.74 Å². The van der Waals surface area contributed by atoms with Gasteiger partial charge in [0.15, 0.2) is 0 Å². The molecule has 1 aromatic heterocycles. The van der Waals surface area contributed by atoms with Crippen molar-refractivity contribution < 1.29 is 24.2 Å². The Balaban J connectivity index is 1.88. The Labute approximate surface area is 167 Å². The van der Waals surface area contributed by atoms with Gasteiger partial charge in [-0.15, -0.1) is 0 Å². The number of ether oxygens (including phenoxy) is 2. The van der Waals surface area contributed by atoms with Crippen LogP contribution in [0.2, 0.25) is 5.02 Å². The lowest BCUT2D eigenvalue weighted by Gasteiger charge is -2.22. The minimum Gasteiger partial charge on any atom is -0.495 e. The summed E-state index contributed by atoms with van der Waals surface area (Å²) in [6.07, 6.45) is 2.29. The molecule has 0 unspecified atom stereocenters. The Morgan fingerprint density at radius 2 is 2.11 bits per heavy atom. The number of halogens is 1. The number of nitrogens with zero attached hydrogens (tertiary/aromatic N) is 2. The van der Waals surface area contributed by atoms with Crippen LogP contribution in [0.3, 0.4) is 0 Å². The third kappa shape index (κ3) is 2.81. The van der Waals surface area contributed by atoms with Crippen molar-refractivity contribution in [2.24, 2.45) is 5.92 Å². The van der Waals surface area contributed by atoms with Crippen molar-refractivity contribution in [2.75, 3.05) is 20.8 Å². The van der Waals surface area contributed by atoms with E-state index < -0.39 is 11.9 Å². The molecule has 3 atom stereocenters. The molecule has 1 amide bonds. The van der Waals surface area contributed by atoms with Gasteiger partial charge in [0.25, 0.3) is 0 Å². The van der Waals surface area contributed by atoms with Crippen molar-refractivity contribution in [1.82, 2.24) is 9.88 Å². The third-order valence-corrected chi connectivity index (χ3v) is 6.13. The summed E-state index contributed by atoms with van der Waals surface area (Å²) in [5.74, 6) is -1.07. The van der Waals surface area contributed by atoms with Gasteiger partial charge in [0.2, 0.25) is 5.91 Å². The maximum absolute atomic E-state index is 12.4. The first kappa shape index (κ1) is 19.0. The Morgan fingerprint density at radius 3 is 2.71 bits per heavy atom. The van der Waals surface area contributed by atoms with Crippen LogP contribution in [0.1, 0.15) is 42.0 Å². The first-order valence-corrected chi connectivity index (χ1v) is 9.45. The van der Waals surface area contributed by atoms with E-state index in [4.69, 9.17) is 21.1 Å². The number of hydrogen-bond donors (Lipinski definition) is 1. The largest absolute Gasteiger partial charge is 0.495 e. The normalized spacial score (nSPS) is 23.0. The molecule has 0 spiro atoms. The summed E-state index contributed by atoms with van der Waals surface area (Å²) in [6, 6.07) is 1.68. The van der Waals surface area contributed by atoms with Crippen molar-refractivity contribution in [3.63, 3.8) is 0 Å². The number of amides is 1. The number of carbonyl (C=O) groups is 2. The van der Waals surface area contributed by atoms with Crippen molar-refractivity contribution in [2.45, 2.75) is 31.8 Å². The lowest BCUT2D eigenvalue weighted by Crippen LogP contribution is -2.31. The number of fused-ring (bicyclic) bond motifs is 3. The molecule has 2 aliphatic rings. The molecule has 1 aliphatic carbocycles. The number of carbonyl (C=O) groups excluding carboxylic acids is 1. The van der Waals surface area contributed by atoms with Crippen molar-refractivity contribution in [3.8, 4) is 5.75 Å². The molecule has 4 rings (SSSR count). The lowest BCUT2D eigenvalue weighted by atomic mass is 9.96. The van der Waals surface area contributed by atoms with E-state index in [0.717, 1.165) is 22.1 Å². The van der Waals surface area contributed by atoms with E-state index in [1.165, 1.54) is 14.2 Å². The van der Waals surface area contributed by atoms with Crippen LogP contribution in [-0.4, -0.2) is 47.7 Å². The predicted octanol–water partition coefficient (Wildman–Crippen LogP) is 3.13. The Hall–Kier alpha value is -2.38. The van der Waals surface area contributed by atoms with Gasteiger partial charge in [-0.1, -0.05) is 11.6 Å². The molecule has 1 aliphatic heterocycles. The van der Waals surface area contributed by atoms with Gasteiger partial charge in [0, 0.05) is 36.7 Å². The monoisotopic (exact) mass is 404 g/mol. The second-order valence-electron chi connectivity index (χ2n) is 7.32. The number of methoxy groups -OCH3 is 2. The van der Waals surface area contributed by atoms with Crippen molar-refractivity contribution in [3.05, 3.63) is 34.0 Å². The molecule has 0 saturated heterocycles. The van der Waals surface area contributed by atoms with Gasteiger partial charge >= 0.3 is 5.97 Å². The van der Waals surface area contributed by atoms with E-state index >= 15 is 0 Å². The zero-order valence-corrected chi connectivity index (χ0v) is 16.6. The quantitative estimate of drug-likeness (QED) is 0.823. The average molecular weight is 405 g/mol. The average Bonchev–Trinajstić information content (AvgIpc) is 3.38. The lowest BCUT2D eigenvalue weighted by molar-refractivity contribution is -0.139. The van der Waals surface area contributed by atoms with Gasteiger partial charge in [-0.2, -0.15) is 0 Å². The standard InChI is InChI=1S/C20H21ClN2O5/c1-9-16-10(7-23(9)15(24)8-27-2)6-22-19-13(16)5-14(28-3)18(21)17(19)11-4-12(11)20(25)26/h5-6,9,11-12H,4,7-8H2,1-3H3,(H,25,26)/t9-,11+,12+/m0/s1. The summed E-state index contributed by atoms with van der Waals surface area (Å²) in [7, 11) is 3.03. The van der Waals surface area contributed by atoms with E-state index in [0.29, 0.717) is 29.3 Å². The van der Waals surface area contributed by atoms with Crippen LogP contribution in [0.25, 0.3) is 10.9 Å². The second-order valence-corrected chi connectivity index (χ2v) is 7.70. The fraction of sp³-hybridized carbons (Fsp3) is 0.450. The molecule has 148 valence electrons. The first-order chi connectivity index (χ1) is 13.4. The zero-order chi connectivity index (χ0) is 20.2. The maximum Gasteiger partial charge on any atom is 0.307 e. The van der Waals surface area contributed by atoms with Crippen LogP contribution >= 0.6 is 11.6 Å². The number of pyridine rings is 1. The minimum atomic E-state index is -0.831. The summed E-state index contributed by atoms with van der Waals surface area (Å²) in [5, 5.41) is 10.6. The Morgan fingerprint density at radius 1 is 1.36 bits per heavy atom. The van der Waals surface area contributed by atoms with Gasteiger partial charge < -0.3 is 19.5 Å². The van der Waals surface area contributed by atoms with Crippen LogP contribution in [0.4, 0.5) is 0 Å². The van der Waals surface area contributed by atoms with E-state index in [9.17, 15) is 14.7 Å². The number of carboxylic acid groups (broad SMARTS) is 1. The number of hydrogen-bond acceptors (Lipinski definition) is 5. The number of carboxylic acids is 1. The maximum atomic E-state index is 12.4. The molecular formula is C20H21ClN2O5. The summed E-state index contributed by atoms with van der Waals surface area (Å²) >= 11 is 6.56. The molecule has 1 aromatic carbocycles. The fourth-order valence-electron chi connectivity index (χ4n) is 4.25. The fourth-order valence-corrected chi connectivity index (χ4v) is 4.62. The highest BCUT2D eigenvalue weighted by atomic mass is 35.5. The van der Waals surface area contributed by atoms with Crippen LogP contribution in [0, 0.1) is 5.92 Å². The molecule has 28 heavy (non-hydrogen) atoms. The number of aliphatic carboxylic acids is 1. The van der Waals surface area contributed by atoms with E-state index in [2.05, 4.69) is 4.98 Å². The van der Waals surface area contributed by atoms with Crippen molar-refractivity contribution >= 4 is 34.4 Å². The smallest absolute Gasteiger partial charge is 0.307 e. The molecule has 0 bridgehead atoms. The number of aromatic nitrogens is 1. The highest BCUT2D eigenvalue weighted by molar-refractivity contribution is 6.34. The molecule has 7 nitrogen and oxygen atoms in total. The van der Waals surface area contributed by atoms with Gasteiger partial charge in [-0.05, 0) is 30.5 Å². The van der Waals surface area contributed by atoms with E-state index in [1.807, 2.05) is 13.0 Å². The molecule has 1 N–H and O–H groups in total. The van der Waals surface area contributed by atoms with Crippen LogP contribution in [0.15, 0.2) is 12.3 Å².